The van der Waals surface area contributed by atoms with E-state index in [0.29, 0.717) is 30.8 Å². The molecule has 0 saturated heterocycles. The lowest BCUT2D eigenvalue weighted by atomic mass is 10.1. The number of rotatable bonds is 6. The van der Waals surface area contributed by atoms with Gasteiger partial charge in [-0.05, 0) is 30.7 Å². The van der Waals surface area contributed by atoms with Crippen LogP contribution in [-0.4, -0.2) is 30.1 Å². The second-order valence-electron chi connectivity index (χ2n) is 6.00. The van der Waals surface area contributed by atoms with Crippen LogP contribution in [0.5, 0.6) is 5.88 Å². The minimum atomic E-state index is 0.509. The van der Waals surface area contributed by atoms with Crippen molar-refractivity contribution in [1.82, 2.24) is 20.6 Å². The molecule has 0 aliphatic rings. The lowest BCUT2D eigenvalue weighted by molar-refractivity contribution is 0.397. The van der Waals surface area contributed by atoms with Gasteiger partial charge in [-0.3, -0.25) is 4.99 Å². The molecule has 2 N–H and O–H groups in total. The Morgan fingerprint density at radius 3 is 2.67 bits per heavy atom. The summed E-state index contributed by atoms with van der Waals surface area (Å²) in [5.74, 6) is 1.87. The number of aryl methyl sites for hydroxylation is 1. The molecule has 140 valence electrons. The molecule has 2 heterocycles. The maximum atomic E-state index is 5.58. The number of benzene rings is 1. The van der Waals surface area contributed by atoms with Crippen molar-refractivity contribution in [3.63, 3.8) is 0 Å². The maximum absolute atomic E-state index is 5.58. The minimum absolute atomic E-state index is 0.509. The summed E-state index contributed by atoms with van der Waals surface area (Å²) in [5, 5.41) is 6.48. The van der Waals surface area contributed by atoms with Crippen molar-refractivity contribution in [3.8, 4) is 17.3 Å². The van der Waals surface area contributed by atoms with E-state index in [4.69, 9.17) is 9.15 Å². The lowest BCUT2D eigenvalue weighted by Gasteiger charge is -2.11. The van der Waals surface area contributed by atoms with Crippen LogP contribution in [-0.2, 0) is 13.1 Å². The maximum Gasteiger partial charge on any atom is 0.226 e. The third-order valence-corrected chi connectivity index (χ3v) is 3.98. The van der Waals surface area contributed by atoms with Crippen LogP contribution in [0.15, 0.2) is 58.3 Å². The van der Waals surface area contributed by atoms with Crippen molar-refractivity contribution in [3.05, 3.63) is 65.7 Å². The number of aliphatic imine (C=N–C) groups is 1. The Kier molecular flexibility index (Phi) is 6.04. The van der Waals surface area contributed by atoms with E-state index >= 15 is 0 Å². The Morgan fingerprint density at radius 2 is 1.93 bits per heavy atom. The minimum Gasteiger partial charge on any atom is -0.481 e. The molecule has 0 aliphatic heterocycles. The Labute approximate surface area is 158 Å². The monoisotopic (exact) mass is 365 g/mol. The summed E-state index contributed by atoms with van der Waals surface area (Å²) in [7, 11) is 3.33. The van der Waals surface area contributed by atoms with Crippen molar-refractivity contribution in [2.45, 2.75) is 20.0 Å². The highest BCUT2D eigenvalue weighted by Crippen LogP contribution is 2.19. The summed E-state index contributed by atoms with van der Waals surface area (Å²) < 4.78 is 10.7. The van der Waals surface area contributed by atoms with E-state index in [1.807, 2.05) is 36.4 Å². The second-order valence-corrected chi connectivity index (χ2v) is 6.00. The van der Waals surface area contributed by atoms with Gasteiger partial charge in [-0.25, -0.2) is 9.97 Å². The molecule has 0 aliphatic carbocycles. The van der Waals surface area contributed by atoms with Crippen LogP contribution in [0.1, 0.15) is 16.8 Å². The zero-order valence-corrected chi connectivity index (χ0v) is 15.7. The van der Waals surface area contributed by atoms with Crippen molar-refractivity contribution in [2.75, 3.05) is 14.2 Å². The summed E-state index contributed by atoms with van der Waals surface area (Å²) in [6.07, 6.45) is 3.37. The molecular weight excluding hydrogens is 342 g/mol. The lowest BCUT2D eigenvalue weighted by Crippen LogP contribution is -2.36. The van der Waals surface area contributed by atoms with Gasteiger partial charge in [-0.2, -0.15) is 0 Å². The SMILES string of the molecule is CN=C(NCc1ccnc(OC)c1)NCc1coc(-c2ccc(C)cc2)n1. The summed E-state index contributed by atoms with van der Waals surface area (Å²) >= 11 is 0. The fourth-order valence-corrected chi connectivity index (χ4v) is 2.47. The summed E-state index contributed by atoms with van der Waals surface area (Å²) in [5.41, 5.74) is 4.02. The normalized spacial score (nSPS) is 11.3. The summed E-state index contributed by atoms with van der Waals surface area (Å²) in [6, 6.07) is 11.9. The quantitative estimate of drug-likeness (QED) is 0.516. The molecule has 3 aromatic rings. The van der Waals surface area contributed by atoms with Gasteiger partial charge in [0.05, 0.1) is 19.3 Å². The molecule has 0 radical (unpaired) electrons. The highest BCUT2D eigenvalue weighted by molar-refractivity contribution is 5.79. The van der Waals surface area contributed by atoms with E-state index in [2.05, 4.69) is 32.5 Å². The van der Waals surface area contributed by atoms with Crippen LogP contribution in [0.4, 0.5) is 0 Å². The molecule has 3 rings (SSSR count). The molecule has 27 heavy (non-hydrogen) atoms. The fourth-order valence-electron chi connectivity index (χ4n) is 2.47. The molecule has 0 bridgehead atoms. The van der Waals surface area contributed by atoms with Gasteiger partial charge < -0.3 is 19.8 Å². The van der Waals surface area contributed by atoms with Crippen molar-refractivity contribution in [2.24, 2.45) is 4.99 Å². The number of guanidine groups is 1. The summed E-state index contributed by atoms with van der Waals surface area (Å²) in [4.78, 5) is 12.8. The fraction of sp³-hybridized carbons (Fsp3) is 0.250. The average Bonchev–Trinajstić information content (AvgIpc) is 3.18. The van der Waals surface area contributed by atoms with Gasteiger partial charge in [0.25, 0.3) is 0 Å². The Morgan fingerprint density at radius 1 is 1.15 bits per heavy atom. The first kappa shape index (κ1) is 18.4. The molecule has 7 heteroatoms. The highest BCUT2D eigenvalue weighted by Gasteiger charge is 2.07. The van der Waals surface area contributed by atoms with E-state index in [-0.39, 0.29) is 0 Å². The zero-order chi connectivity index (χ0) is 19.1. The van der Waals surface area contributed by atoms with Crippen LogP contribution in [0.3, 0.4) is 0 Å². The number of nitrogens with zero attached hydrogens (tertiary/aromatic N) is 3. The van der Waals surface area contributed by atoms with Gasteiger partial charge in [-0.1, -0.05) is 17.7 Å². The Hall–Kier alpha value is -3.35. The van der Waals surface area contributed by atoms with Crippen molar-refractivity contribution >= 4 is 5.96 Å². The number of oxazole rings is 1. The molecule has 0 spiro atoms. The molecule has 0 amide bonds. The van der Waals surface area contributed by atoms with Crippen LogP contribution >= 0.6 is 0 Å². The summed E-state index contributed by atoms with van der Waals surface area (Å²) in [6.45, 7) is 3.16. The topological polar surface area (TPSA) is 84.6 Å². The van der Waals surface area contributed by atoms with E-state index in [1.54, 1.807) is 26.6 Å². The van der Waals surface area contributed by atoms with Crippen LogP contribution in [0.25, 0.3) is 11.5 Å². The number of aromatic nitrogens is 2. The van der Waals surface area contributed by atoms with Gasteiger partial charge >= 0.3 is 0 Å². The van der Waals surface area contributed by atoms with E-state index in [0.717, 1.165) is 16.8 Å². The molecule has 0 fully saturated rings. The number of hydrogen-bond donors (Lipinski definition) is 2. The van der Waals surface area contributed by atoms with Crippen molar-refractivity contribution in [1.29, 1.82) is 0 Å². The number of nitrogens with one attached hydrogen (secondary N) is 2. The molecule has 0 saturated carbocycles. The first-order valence-corrected chi connectivity index (χ1v) is 8.63. The number of pyridine rings is 1. The number of hydrogen-bond acceptors (Lipinski definition) is 5. The molecule has 0 atom stereocenters. The number of ether oxygens (including phenoxy) is 1. The second kappa shape index (κ2) is 8.84. The largest absolute Gasteiger partial charge is 0.481 e. The highest BCUT2D eigenvalue weighted by atomic mass is 16.5. The Bertz CT molecular complexity index is 903. The average molecular weight is 365 g/mol. The van der Waals surface area contributed by atoms with E-state index < -0.39 is 0 Å². The molecular formula is C20H23N5O2. The Balaban J connectivity index is 1.54. The third kappa shape index (κ3) is 5.07. The standard InChI is InChI=1S/C20H23N5O2/c1-14-4-6-16(7-5-14)19-25-17(13-27-19)12-24-20(21-2)23-11-15-8-9-22-18(10-15)26-3/h4-10,13H,11-12H2,1-3H3,(H2,21,23,24). The molecule has 7 nitrogen and oxygen atoms in total. The van der Waals surface area contributed by atoms with Crippen molar-refractivity contribution < 1.29 is 9.15 Å². The zero-order valence-electron chi connectivity index (χ0n) is 15.7. The number of methoxy groups -OCH3 is 1. The van der Waals surface area contributed by atoms with Gasteiger partial charge in [-0.15, -0.1) is 0 Å². The van der Waals surface area contributed by atoms with Gasteiger partial charge in [0, 0.05) is 31.4 Å². The van der Waals surface area contributed by atoms with E-state index in [9.17, 15) is 0 Å². The molecule has 1 aromatic carbocycles. The first-order valence-electron chi connectivity index (χ1n) is 8.63. The van der Waals surface area contributed by atoms with Crippen LogP contribution in [0, 0.1) is 6.92 Å². The predicted molar refractivity (Wildman–Crippen MR) is 105 cm³/mol. The first-order chi connectivity index (χ1) is 13.2. The van der Waals surface area contributed by atoms with E-state index in [1.165, 1.54) is 5.56 Å². The van der Waals surface area contributed by atoms with Gasteiger partial charge in [0.15, 0.2) is 5.96 Å². The van der Waals surface area contributed by atoms with Gasteiger partial charge in [0.2, 0.25) is 11.8 Å². The van der Waals surface area contributed by atoms with Crippen LogP contribution < -0.4 is 15.4 Å². The van der Waals surface area contributed by atoms with Gasteiger partial charge in [0.1, 0.15) is 6.26 Å². The molecule has 2 aromatic heterocycles. The predicted octanol–water partition coefficient (Wildman–Crippen LogP) is 2.92. The smallest absolute Gasteiger partial charge is 0.226 e. The van der Waals surface area contributed by atoms with Crippen LogP contribution in [0.2, 0.25) is 0 Å². The molecule has 0 unspecified atom stereocenters. The third-order valence-electron chi connectivity index (χ3n) is 3.98.